The highest BCUT2D eigenvalue weighted by molar-refractivity contribution is 5.92. The van der Waals surface area contributed by atoms with Crippen LogP contribution in [0.2, 0.25) is 0 Å². The average molecular weight is 242 g/mol. The highest BCUT2D eigenvalue weighted by Crippen LogP contribution is 2.40. The fourth-order valence-electron chi connectivity index (χ4n) is 2.45. The van der Waals surface area contributed by atoms with Crippen LogP contribution in [0.4, 0.5) is 8.78 Å². The van der Waals surface area contributed by atoms with Crippen LogP contribution in [0.5, 0.6) is 0 Å². The first-order valence-corrected chi connectivity index (χ1v) is 5.77. The molecule has 1 saturated heterocycles. The molecule has 0 aromatic heterocycles. The van der Waals surface area contributed by atoms with Gasteiger partial charge in [0.2, 0.25) is 5.91 Å². The van der Waals surface area contributed by atoms with Gasteiger partial charge in [-0.05, 0) is 37.9 Å². The Morgan fingerprint density at radius 2 is 2.35 bits per heavy atom. The minimum atomic E-state index is -2.06. The average Bonchev–Trinajstić information content (AvgIpc) is 2.74. The van der Waals surface area contributed by atoms with E-state index in [1.165, 1.54) is 6.08 Å². The van der Waals surface area contributed by atoms with E-state index in [-0.39, 0.29) is 24.3 Å². The minimum absolute atomic E-state index is 0.104. The summed E-state index contributed by atoms with van der Waals surface area (Å²) in [6.45, 7) is 1.54. The first-order chi connectivity index (χ1) is 8.01. The lowest BCUT2D eigenvalue weighted by atomic mass is 9.82. The second-order valence-corrected chi connectivity index (χ2v) is 4.78. The van der Waals surface area contributed by atoms with Gasteiger partial charge < -0.3 is 11.1 Å². The molecule has 5 heteroatoms. The van der Waals surface area contributed by atoms with E-state index in [1.54, 1.807) is 0 Å². The van der Waals surface area contributed by atoms with Crippen LogP contribution in [-0.4, -0.2) is 24.7 Å². The molecule has 1 fully saturated rings. The van der Waals surface area contributed by atoms with Crippen molar-refractivity contribution < 1.29 is 13.6 Å². The molecule has 1 heterocycles. The third-order valence-corrected chi connectivity index (χ3v) is 3.42. The zero-order chi connectivity index (χ0) is 12.5. The summed E-state index contributed by atoms with van der Waals surface area (Å²) in [5.74, 6) is -1.36. The standard InChI is InChI=1S/C12H16F2N2O/c13-10-2-1-9(11(15)17)6-12(10,14)5-8-3-4-16-7-8/h1-2,8,16H,3-7H2,(H2,15,17). The summed E-state index contributed by atoms with van der Waals surface area (Å²) in [5.41, 5.74) is 3.20. The third kappa shape index (κ3) is 2.54. The van der Waals surface area contributed by atoms with Crippen LogP contribution in [0, 0.1) is 5.92 Å². The zero-order valence-electron chi connectivity index (χ0n) is 9.51. The summed E-state index contributed by atoms with van der Waals surface area (Å²) in [6.07, 6.45) is 2.98. The van der Waals surface area contributed by atoms with Crippen molar-refractivity contribution in [1.82, 2.24) is 5.32 Å². The fourth-order valence-corrected chi connectivity index (χ4v) is 2.45. The molecule has 17 heavy (non-hydrogen) atoms. The van der Waals surface area contributed by atoms with Gasteiger partial charge in [-0.1, -0.05) is 6.08 Å². The number of hydrogen-bond donors (Lipinski definition) is 2. The van der Waals surface area contributed by atoms with E-state index in [1.807, 2.05) is 0 Å². The zero-order valence-corrected chi connectivity index (χ0v) is 9.51. The Kier molecular flexibility index (Phi) is 3.28. The normalized spacial score (nSPS) is 33.2. The van der Waals surface area contributed by atoms with Gasteiger partial charge in [0.15, 0.2) is 5.67 Å². The molecule has 0 saturated carbocycles. The van der Waals surface area contributed by atoms with Gasteiger partial charge >= 0.3 is 0 Å². The predicted molar refractivity (Wildman–Crippen MR) is 60.5 cm³/mol. The predicted octanol–water partition coefficient (Wildman–Crippen LogP) is 1.36. The van der Waals surface area contributed by atoms with Crippen LogP contribution in [0.3, 0.4) is 0 Å². The molecule has 0 aromatic carbocycles. The number of rotatable bonds is 3. The molecule has 1 amide bonds. The SMILES string of the molecule is NC(=O)C1=CC=C(F)C(F)(CC2CCNC2)C1. The van der Waals surface area contributed by atoms with E-state index in [9.17, 15) is 13.6 Å². The quantitative estimate of drug-likeness (QED) is 0.785. The smallest absolute Gasteiger partial charge is 0.244 e. The van der Waals surface area contributed by atoms with E-state index in [0.29, 0.717) is 6.54 Å². The molecule has 1 aliphatic heterocycles. The Labute approximate surface area is 98.7 Å². The second-order valence-electron chi connectivity index (χ2n) is 4.78. The van der Waals surface area contributed by atoms with Crippen molar-refractivity contribution in [2.75, 3.05) is 13.1 Å². The Bertz CT molecular complexity index is 386. The van der Waals surface area contributed by atoms with Crippen molar-refractivity contribution in [3.05, 3.63) is 23.6 Å². The number of nitrogens with one attached hydrogen (secondary N) is 1. The Hall–Kier alpha value is -1.23. The molecular formula is C12H16F2N2O. The fraction of sp³-hybridized carbons (Fsp3) is 0.583. The maximum absolute atomic E-state index is 14.5. The lowest BCUT2D eigenvalue weighted by Gasteiger charge is -2.29. The molecule has 2 aliphatic rings. The Morgan fingerprint density at radius 1 is 1.59 bits per heavy atom. The van der Waals surface area contributed by atoms with Crippen molar-refractivity contribution in [1.29, 1.82) is 0 Å². The third-order valence-electron chi connectivity index (χ3n) is 3.42. The number of halogens is 2. The largest absolute Gasteiger partial charge is 0.366 e. The van der Waals surface area contributed by atoms with Gasteiger partial charge in [0.05, 0.1) is 0 Å². The highest BCUT2D eigenvalue weighted by Gasteiger charge is 2.41. The van der Waals surface area contributed by atoms with Gasteiger partial charge in [0.25, 0.3) is 0 Å². The van der Waals surface area contributed by atoms with E-state index in [4.69, 9.17) is 5.73 Å². The van der Waals surface area contributed by atoms with Crippen molar-refractivity contribution in [3.63, 3.8) is 0 Å². The Morgan fingerprint density at radius 3 is 2.94 bits per heavy atom. The monoisotopic (exact) mass is 242 g/mol. The molecule has 3 nitrogen and oxygen atoms in total. The lowest BCUT2D eigenvalue weighted by Crippen LogP contribution is -2.33. The number of carbonyl (C=O) groups excluding carboxylic acids is 1. The van der Waals surface area contributed by atoms with Crippen LogP contribution in [-0.2, 0) is 4.79 Å². The van der Waals surface area contributed by atoms with Crippen LogP contribution >= 0.6 is 0 Å². The summed E-state index contributed by atoms with van der Waals surface area (Å²) in [6, 6.07) is 0. The van der Waals surface area contributed by atoms with Crippen molar-refractivity contribution >= 4 is 5.91 Å². The maximum atomic E-state index is 14.5. The molecule has 94 valence electrons. The molecule has 0 bridgehead atoms. The van der Waals surface area contributed by atoms with Gasteiger partial charge in [-0.25, -0.2) is 8.78 Å². The first-order valence-electron chi connectivity index (χ1n) is 5.77. The summed E-state index contributed by atoms with van der Waals surface area (Å²) < 4.78 is 28.1. The van der Waals surface area contributed by atoms with E-state index in [2.05, 4.69) is 5.32 Å². The van der Waals surface area contributed by atoms with Crippen molar-refractivity contribution in [2.45, 2.75) is 24.9 Å². The molecule has 2 atom stereocenters. The summed E-state index contributed by atoms with van der Waals surface area (Å²) in [5, 5.41) is 3.11. The Balaban J connectivity index is 2.11. The first kappa shape index (κ1) is 12.2. The summed E-state index contributed by atoms with van der Waals surface area (Å²) in [4.78, 5) is 11.0. The van der Waals surface area contributed by atoms with Crippen LogP contribution in [0.15, 0.2) is 23.6 Å². The van der Waals surface area contributed by atoms with Gasteiger partial charge in [-0.2, -0.15) is 0 Å². The van der Waals surface area contributed by atoms with Crippen molar-refractivity contribution in [2.24, 2.45) is 11.7 Å². The number of primary amides is 1. The number of hydrogen-bond acceptors (Lipinski definition) is 2. The molecule has 0 spiro atoms. The van der Waals surface area contributed by atoms with E-state index >= 15 is 0 Å². The molecular weight excluding hydrogens is 226 g/mol. The molecule has 1 aliphatic carbocycles. The summed E-state index contributed by atoms with van der Waals surface area (Å²) >= 11 is 0. The highest BCUT2D eigenvalue weighted by atomic mass is 19.2. The second kappa shape index (κ2) is 4.56. The van der Waals surface area contributed by atoms with Crippen LogP contribution in [0.25, 0.3) is 0 Å². The maximum Gasteiger partial charge on any atom is 0.244 e. The number of carbonyl (C=O) groups is 1. The van der Waals surface area contributed by atoms with E-state index < -0.39 is 17.4 Å². The van der Waals surface area contributed by atoms with Gasteiger partial charge in [0, 0.05) is 12.0 Å². The topological polar surface area (TPSA) is 55.1 Å². The number of allylic oxidation sites excluding steroid dienone is 3. The van der Waals surface area contributed by atoms with Gasteiger partial charge in [0.1, 0.15) is 5.83 Å². The summed E-state index contributed by atoms with van der Waals surface area (Å²) in [7, 11) is 0. The molecule has 2 unspecified atom stereocenters. The van der Waals surface area contributed by atoms with E-state index in [0.717, 1.165) is 19.0 Å². The van der Waals surface area contributed by atoms with Crippen LogP contribution in [0.1, 0.15) is 19.3 Å². The molecule has 0 radical (unpaired) electrons. The van der Waals surface area contributed by atoms with Gasteiger partial charge in [-0.3, -0.25) is 4.79 Å². The van der Waals surface area contributed by atoms with Crippen LogP contribution < -0.4 is 11.1 Å². The molecule has 3 N–H and O–H groups in total. The molecule has 2 rings (SSSR count). The van der Waals surface area contributed by atoms with Crippen molar-refractivity contribution in [3.8, 4) is 0 Å². The minimum Gasteiger partial charge on any atom is -0.366 e. The van der Waals surface area contributed by atoms with Gasteiger partial charge in [-0.15, -0.1) is 0 Å². The number of alkyl halides is 1. The number of nitrogens with two attached hydrogens (primary N) is 1. The lowest BCUT2D eigenvalue weighted by molar-refractivity contribution is -0.115. The number of amides is 1. The molecule has 0 aromatic rings.